The monoisotopic (exact) mass is 198 g/mol. The third kappa shape index (κ3) is 2.48. The zero-order chi connectivity index (χ0) is 10.0. The maximum Gasteiger partial charge on any atom is 0.160 e. The molecule has 1 aliphatic carbocycles. The summed E-state index contributed by atoms with van der Waals surface area (Å²) in [5.74, 6) is 0.667. The first-order valence-electron chi connectivity index (χ1n) is 5.91. The van der Waals surface area contributed by atoms with Crippen LogP contribution < -0.4 is 0 Å². The van der Waals surface area contributed by atoms with Crippen molar-refractivity contribution in [2.24, 2.45) is 11.3 Å². The highest BCUT2D eigenvalue weighted by Crippen LogP contribution is 2.33. The van der Waals surface area contributed by atoms with Gasteiger partial charge in [0.2, 0.25) is 0 Å². The van der Waals surface area contributed by atoms with Crippen LogP contribution in [-0.4, -0.2) is 19.5 Å². The quantitative estimate of drug-likeness (QED) is 0.645. The van der Waals surface area contributed by atoms with Gasteiger partial charge in [-0.15, -0.1) is 0 Å². The van der Waals surface area contributed by atoms with E-state index in [1.807, 2.05) is 0 Å². The molecule has 82 valence electrons. The van der Waals surface area contributed by atoms with Crippen molar-refractivity contribution in [2.45, 2.75) is 52.2 Å². The van der Waals surface area contributed by atoms with Gasteiger partial charge >= 0.3 is 0 Å². The van der Waals surface area contributed by atoms with Gasteiger partial charge < -0.3 is 9.47 Å². The van der Waals surface area contributed by atoms with Gasteiger partial charge in [0.1, 0.15) is 0 Å². The van der Waals surface area contributed by atoms with Gasteiger partial charge in [-0.1, -0.05) is 33.1 Å². The van der Waals surface area contributed by atoms with Gasteiger partial charge in [0.25, 0.3) is 0 Å². The summed E-state index contributed by atoms with van der Waals surface area (Å²) in [6.07, 6.45) is 6.81. The van der Waals surface area contributed by atoms with E-state index in [-0.39, 0.29) is 11.7 Å². The Balaban J connectivity index is 1.82. The average molecular weight is 198 g/mol. The SMILES string of the molecule is CC1(C)COC(C2CCCCC2)OC1. The summed E-state index contributed by atoms with van der Waals surface area (Å²) in [5.41, 5.74) is 0.213. The second kappa shape index (κ2) is 4.19. The summed E-state index contributed by atoms with van der Waals surface area (Å²) in [6, 6.07) is 0. The Bertz CT molecular complexity index is 173. The average Bonchev–Trinajstić information content (AvgIpc) is 2.19. The van der Waals surface area contributed by atoms with E-state index in [1.165, 1.54) is 32.1 Å². The van der Waals surface area contributed by atoms with Crippen LogP contribution in [0, 0.1) is 11.3 Å². The number of ether oxygens (including phenoxy) is 2. The van der Waals surface area contributed by atoms with E-state index in [9.17, 15) is 0 Å². The van der Waals surface area contributed by atoms with Gasteiger partial charge in [-0.25, -0.2) is 0 Å². The third-order valence-corrected chi connectivity index (χ3v) is 3.31. The maximum atomic E-state index is 5.81. The van der Waals surface area contributed by atoms with E-state index in [2.05, 4.69) is 13.8 Å². The molecule has 2 rings (SSSR count). The molecule has 1 saturated heterocycles. The minimum atomic E-state index is 0.100. The molecule has 0 radical (unpaired) electrons. The fraction of sp³-hybridized carbons (Fsp3) is 1.00. The molecule has 2 nitrogen and oxygen atoms in total. The Hall–Kier alpha value is -0.0800. The number of hydrogen-bond donors (Lipinski definition) is 0. The lowest BCUT2D eigenvalue weighted by Crippen LogP contribution is -2.41. The van der Waals surface area contributed by atoms with Crippen molar-refractivity contribution in [1.82, 2.24) is 0 Å². The van der Waals surface area contributed by atoms with E-state index >= 15 is 0 Å². The summed E-state index contributed by atoms with van der Waals surface area (Å²) >= 11 is 0. The fourth-order valence-electron chi connectivity index (χ4n) is 2.38. The normalized spacial score (nSPS) is 30.4. The van der Waals surface area contributed by atoms with Crippen molar-refractivity contribution in [3.05, 3.63) is 0 Å². The van der Waals surface area contributed by atoms with Crippen molar-refractivity contribution >= 4 is 0 Å². The molecule has 0 amide bonds. The van der Waals surface area contributed by atoms with Gasteiger partial charge in [0.05, 0.1) is 13.2 Å². The molecule has 2 aliphatic rings. The Morgan fingerprint density at radius 3 is 2.07 bits per heavy atom. The van der Waals surface area contributed by atoms with Crippen LogP contribution in [0.2, 0.25) is 0 Å². The Morgan fingerprint density at radius 1 is 0.929 bits per heavy atom. The lowest BCUT2D eigenvalue weighted by molar-refractivity contribution is -0.246. The van der Waals surface area contributed by atoms with Gasteiger partial charge in [-0.2, -0.15) is 0 Å². The van der Waals surface area contributed by atoms with E-state index < -0.39 is 0 Å². The molecule has 0 unspecified atom stereocenters. The molecule has 14 heavy (non-hydrogen) atoms. The molecule has 0 aromatic heterocycles. The summed E-state index contributed by atoms with van der Waals surface area (Å²) in [7, 11) is 0. The van der Waals surface area contributed by atoms with Crippen LogP contribution in [0.15, 0.2) is 0 Å². The third-order valence-electron chi connectivity index (χ3n) is 3.31. The summed E-state index contributed by atoms with van der Waals surface area (Å²) in [6.45, 7) is 6.11. The van der Waals surface area contributed by atoms with Crippen LogP contribution in [0.25, 0.3) is 0 Å². The van der Waals surface area contributed by atoms with Crippen LogP contribution in [0.1, 0.15) is 46.0 Å². The van der Waals surface area contributed by atoms with Gasteiger partial charge in [-0.3, -0.25) is 0 Å². The molecule has 2 fully saturated rings. The van der Waals surface area contributed by atoms with Crippen molar-refractivity contribution in [2.75, 3.05) is 13.2 Å². The molecule has 0 atom stereocenters. The van der Waals surface area contributed by atoms with Crippen LogP contribution in [0.3, 0.4) is 0 Å². The minimum Gasteiger partial charge on any atom is -0.352 e. The predicted octanol–water partition coefficient (Wildman–Crippen LogP) is 2.97. The molecule has 0 aromatic rings. The molecule has 0 N–H and O–H groups in total. The molecular formula is C12H22O2. The highest BCUT2D eigenvalue weighted by molar-refractivity contribution is 4.76. The smallest absolute Gasteiger partial charge is 0.160 e. The lowest BCUT2D eigenvalue weighted by atomic mass is 9.87. The van der Waals surface area contributed by atoms with Crippen LogP contribution >= 0.6 is 0 Å². The van der Waals surface area contributed by atoms with Gasteiger partial charge in [-0.05, 0) is 12.8 Å². The maximum absolute atomic E-state index is 5.81. The number of hydrogen-bond acceptors (Lipinski definition) is 2. The van der Waals surface area contributed by atoms with Crippen LogP contribution in [0.5, 0.6) is 0 Å². The van der Waals surface area contributed by atoms with Gasteiger partial charge in [0, 0.05) is 11.3 Å². The molecule has 0 aromatic carbocycles. The van der Waals surface area contributed by atoms with E-state index in [0.29, 0.717) is 5.92 Å². The summed E-state index contributed by atoms with van der Waals surface area (Å²) < 4.78 is 11.6. The molecule has 0 spiro atoms. The molecule has 2 heteroatoms. The minimum absolute atomic E-state index is 0.100. The first kappa shape index (κ1) is 10.4. The zero-order valence-corrected chi connectivity index (χ0v) is 9.42. The Labute approximate surface area is 87.0 Å². The van der Waals surface area contributed by atoms with Crippen molar-refractivity contribution < 1.29 is 9.47 Å². The summed E-state index contributed by atoms with van der Waals surface area (Å²) in [4.78, 5) is 0. The first-order chi connectivity index (χ1) is 6.67. The number of rotatable bonds is 1. The second-order valence-corrected chi connectivity index (χ2v) is 5.55. The molecule has 1 saturated carbocycles. The van der Waals surface area contributed by atoms with E-state index in [0.717, 1.165) is 13.2 Å². The highest BCUT2D eigenvalue weighted by atomic mass is 16.7. The van der Waals surface area contributed by atoms with E-state index in [4.69, 9.17) is 9.47 Å². The highest BCUT2D eigenvalue weighted by Gasteiger charge is 2.33. The Kier molecular flexibility index (Phi) is 3.13. The largest absolute Gasteiger partial charge is 0.352 e. The van der Waals surface area contributed by atoms with Crippen LogP contribution in [0.4, 0.5) is 0 Å². The molecular weight excluding hydrogens is 176 g/mol. The van der Waals surface area contributed by atoms with Crippen molar-refractivity contribution in [3.63, 3.8) is 0 Å². The fourth-order valence-corrected chi connectivity index (χ4v) is 2.38. The van der Waals surface area contributed by atoms with Crippen LogP contribution in [-0.2, 0) is 9.47 Å². The Morgan fingerprint density at radius 2 is 1.50 bits per heavy atom. The zero-order valence-electron chi connectivity index (χ0n) is 9.42. The van der Waals surface area contributed by atoms with Crippen molar-refractivity contribution in [1.29, 1.82) is 0 Å². The van der Waals surface area contributed by atoms with E-state index in [1.54, 1.807) is 0 Å². The summed E-state index contributed by atoms with van der Waals surface area (Å²) in [5, 5.41) is 0. The van der Waals surface area contributed by atoms with Crippen molar-refractivity contribution in [3.8, 4) is 0 Å². The molecule has 1 aliphatic heterocycles. The molecule has 0 bridgehead atoms. The second-order valence-electron chi connectivity index (χ2n) is 5.55. The predicted molar refractivity (Wildman–Crippen MR) is 56.0 cm³/mol. The topological polar surface area (TPSA) is 18.5 Å². The van der Waals surface area contributed by atoms with Gasteiger partial charge in [0.15, 0.2) is 6.29 Å². The first-order valence-corrected chi connectivity index (χ1v) is 5.91. The lowest BCUT2D eigenvalue weighted by Gasteiger charge is -2.39. The molecule has 1 heterocycles. The standard InChI is InChI=1S/C12H22O2/c1-12(2)8-13-11(14-9-12)10-6-4-3-5-7-10/h10-11H,3-9H2,1-2H3.